The molecule has 3 aliphatic rings. The standard InChI is InChI=1S/C25H26BrNO4S/c1-11-10-13(26)6-7-14(11)23-27-20(12(2)32-23)19-21(28)17-15-8-9-16(30-15)18(17)22(19)31-24(29)25(3,4)5/h6-7,10,15-18H,8-9H2,1-5H3/t15-,16+,17-,18+/m1/s1. The topological polar surface area (TPSA) is 65.5 Å². The highest BCUT2D eigenvalue weighted by atomic mass is 79.9. The van der Waals surface area contributed by atoms with E-state index in [1.807, 2.05) is 46.8 Å². The fourth-order valence-electron chi connectivity index (χ4n) is 5.01. The summed E-state index contributed by atoms with van der Waals surface area (Å²) in [6.45, 7) is 9.50. The molecule has 5 nitrogen and oxygen atoms in total. The smallest absolute Gasteiger partial charge is 0.316 e. The van der Waals surface area contributed by atoms with Crippen molar-refractivity contribution >= 4 is 44.6 Å². The number of fused-ring (bicyclic) bond motifs is 5. The van der Waals surface area contributed by atoms with Crippen LogP contribution in [0.3, 0.4) is 0 Å². The van der Waals surface area contributed by atoms with Gasteiger partial charge in [-0.15, -0.1) is 11.3 Å². The van der Waals surface area contributed by atoms with E-state index in [0.29, 0.717) is 17.0 Å². The number of carbonyl (C=O) groups is 2. The third kappa shape index (κ3) is 3.40. The number of aryl methyl sites for hydroxylation is 2. The van der Waals surface area contributed by atoms with Crippen LogP contribution in [0.2, 0.25) is 0 Å². The Labute approximate surface area is 200 Å². The van der Waals surface area contributed by atoms with Crippen LogP contribution in [0.15, 0.2) is 28.4 Å². The Bertz CT molecular complexity index is 1180. The molecule has 0 N–H and O–H groups in total. The van der Waals surface area contributed by atoms with Crippen LogP contribution in [-0.4, -0.2) is 28.9 Å². The van der Waals surface area contributed by atoms with Gasteiger partial charge in [0.2, 0.25) is 0 Å². The van der Waals surface area contributed by atoms with Gasteiger partial charge in [-0.2, -0.15) is 0 Å². The number of halogens is 1. The molecule has 4 atom stereocenters. The number of aromatic nitrogens is 1. The molecule has 2 saturated heterocycles. The van der Waals surface area contributed by atoms with E-state index in [1.165, 1.54) is 0 Å². The molecule has 0 saturated carbocycles. The maximum Gasteiger partial charge on any atom is 0.316 e. The third-order valence-electron chi connectivity index (χ3n) is 6.64. The number of ether oxygens (including phenoxy) is 2. The van der Waals surface area contributed by atoms with Crippen molar-refractivity contribution in [3.8, 4) is 10.6 Å². The molecule has 1 aliphatic carbocycles. The predicted molar refractivity (Wildman–Crippen MR) is 127 cm³/mol. The van der Waals surface area contributed by atoms with Gasteiger partial charge in [-0.25, -0.2) is 4.98 Å². The van der Waals surface area contributed by atoms with Gasteiger partial charge in [0.15, 0.2) is 5.78 Å². The van der Waals surface area contributed by atoms with Crippen LogP contribution in [0.4, 0.5) is 0 Å². The molecule has 1 aromatic carbocycles. The largest absolute Gasteiger partial charge is 0.429 e. The van der Waals surface area contributed by atoms with Crippen molar-refractivity contribution in [2.24, 2.45) is 17.3 Å². The number of rotatable bonds is 3. The zero-order valence-electron chi connectivity index (χ0n) is 18.8. The van der Waals surface area contributed by atoms with Crippen molar-refractivity contribution in [1.82, 2.24) is 4.98 Å². The van der Waals surface area contributed by atoms with E-state index in [4.69, 9.17) is 14.5 Å². The molecule has 0 amide bonds. The summed E-state index contributed by atoms with van der Waals surface area (Å²) in [5.41, 5.74) is 2.59. The normalized spacial score (nSPS) is 26.8. The highest BCUT2D eigenvalue weighted by Crippen LogP contribution is 2.55. The molecule has 32 heavy (non-hydrogen) atoms. The number of benzene rings is 1. The summed E-state index contributed by atoms with van der Waals surface area (Å²) in [6.07, 6.45) is 1.61. The quantitative estimate of drug-likeness (QED) is 0.478. The Morgan fingerprint density at radius 3 is 2.53 bits per heavy atom. The van der Waals surface area contributed by atoms with Crippen molar-refractivity contribution in [2.75, 3.05) is 0 Å². The van der Waals surface area contributed by atoms with Gasteiger partial charge in [0.25, 0.3) is 0 Å². The highest BCUT2D eigenvalue weighted by Gasteiger charge is 2.60. The zero-order valence-corrected chi connectivity index (χ0v) is 21.2. The average molecular weight is 516 g/mol. The number of thiazole rings is 1. The van der Waals surface area contributed by atoms with Crippen LogP contribution in [-0.2, 0) is 19.1 Å². The molecule has 5 rings (SSSR count). The lowest BCUT2D eigenvalue weighted by molar-refractivity contribution is -0.149. The van der Waals surface area contributed by atoms with Crippen LogP contribution < -0.4 is 0 Å². The zero-order chi connectivity index (χ0) is 22.9. The van der Waals surface area contributed by atoms with Crippen molar-refractivity contribution in [2.45, 2.75) is 59.7 Å². The van der Waals surface area contributed by atoms with Gasteiger partial charge in [0.05, 0.1) is 40.7 Å². The van der Waals surface area contributed by atoms with Crippen LogP contribution in [0, 0.1) is 31.1 Å². The Balaban J connectivity index is 1.63. The molecule has 2 fully saturated rings. The lowest BCUT2D eigenvalue weighted by Crippen LogP contribution is -2.31. The van der Waals surface area contributed by atoms with Gasteiger partial charge in [0, 0.05) is 14.9 Å². The molecule has 168 valence electrons. The van der Waals surface area contributed by atoms with Crippen LogP contribution in [0.5, 0.6) is 0 Å². The van der Waals surface area contributed by atoms with Crippen molar-refractivity contribution < 1.29 is 19.1 Å². The highest BCUT2D eigenvalue weighted by molar-refractivity contribution is 9.10. The van der Waals surface area contributed by atoms with Crippen molar-refractivity contribution in [1.29, 1.82) is 0 Å². The van der Waals surface area contributed by atoms with Gasteiger partial charge in [0.1, 0.15) is 10.8 Å². The first-order chi connectivity index (χ1) is 15.1. The summed E-state index contributed by atoms with van der Waals surface area (Å²) in [4.78, 5) is 32.4. The second-order valence-electron chi connectivity index (χ2n) is 9.97. The Morgan fingerprint density at radius 1 is 1.19 bits per heavy atom. The molecule has 2 bridgehead atoms. The van der Waals surface area contributed by atoms with Crippen molar-refractivity contribution in [3.63, 3.8) is 0 Å². The molecule has 0 unspecified atom stereocenters. The third-order valence-corrected chi connectivity index (χ3v) is 8.14. The molecule has 1 aromatic heterocycles. The summed E-state index contributed by atoms with van der Waals surface area (Å²) in [5, 5.41) is 0.862. The van der Waals surface area contributed by atoms with E-state index in [-0.39, 0.29) is 35.8 Å². The van der Waals surface area contributed by atoms with Gasteiger partial charge in [-0.05, 0) is 65.2 Å². The van der Waals surface area contributed by atoms with Crippen LogP contribution in [0.25, 0.3) is 16.1 Å². The number of hydrogen-bond donors (Lipinski definition) is 0. The SMILES string of the molecule is Cc1cc(Br)ccc1-c1nc(C2=C(OC(=O)C(C)(C)C)[C@@H]3[C@H](C2=O)[C@H]2CC[C@@H]3O2)c(C)s1. The number of Topliss-reactive ketones (excluding diaryl/α,β-unsaturated/α-hetero) is 1. The predicted octanol–water partition coefficient (Wildman–Crippen LogP) is 5.87. The second-order valence-corrected chi connectivity index (χ2v) is 12.1. The lowest BCUT2D eigenvalue weighted by Gasteiger charge is -2.24. The van der Waals surface area contributed by atoms with Crippen LogP contribution in [0.1, 0.15) is 49.7 Å². The maximum absolute atomic E-state index is 13.7. The molecular weight excluding hydrogens is 490 g/mol. The Kier molecular flexibility index (Phi) is 5.23. The number of carbonyl (C=O) groups excluding carboxylic acids is 2. The first-order valence-electron chi connectivity index (χ1n) is 11.0. The van der Waals surface area contributed by atoms with E-state index in [1.54, 1.807) is 11.3 Å². The van der Waals surface area contributed by atoms with Crippen molar-refractivity contribution in [3.05, 3.63) is 44.6 Å². The molecule has 3 heterocycles. The van der Waals surface area contributed by atoms with Gasteiger partial charge in [-0.1, -0.05) is 22.0 Å². The summed E-state index contributed by atoms with van der Waals surface area (Å²) >= 11 is 5.08. The molecular formula is C25H26BrNO4S. The van der Waals surface area contributed by atoms with Gasteiger partial charge in [-0.3, -0.25) is 9.59 Å². The number of allylic oxidation sites excluding steroid dienone is 1. The second kappa shape index (κ2) is 7.61. The first-order valence-corrected chi connectivity index (χ1v) is 12.6. The first kappa shape index (κ1) is 22.0. The Morgan fingerprint density at radius 2 is 1.88 bits per heavy atom. The number of ketones is 1. The number of esters is 1. The Hall–Kier alpha value is -1.83. The molecule has 2 aliphatic heterocycles. The summed E-state index contributed by atoms with van der Waals surface area (Å²) < 4.78 is 13.1. The maximum atomic E-state index is 13.7. The molecule has 0 spiro atoms. The minimum atomic E-state index is -0.672. The number of hydrogen-bond acceptors (Lipinski definition) is 6. The summed E-state index contributed by atoms with van der Waals surface area (Å²) in [5.74, 6) is -0.323. The summed E-state index contributed by atoms with van der Waals surface area (Å²) in [7, 11) is 0. The van der Waals surface area contributed by atoms with E-state index in [2.05, 4.69) is 22.0 Å². The average Bonchev–Trinajstić information content (AvgIpc) is 3.45. The molecule has 0 radical (unpaired) electrons. The van der Waals surface area contributed by atoms with Gasteiger partial charge >= 0.3 is 5.97 Å². The van der Waals surface area contributed by atoms with Gasteiger partial charge < -0.3 is 9.47 Å². The molecule has 2 aromatic rings. The minimum absolute atomic E-state index is 0.00591. The number of nitrogens with zero attached hydrogens (tertiary/aromatic N) is 1. The fourth-order valence-corrected chi connectivity index (χ4v) is 6.50. The monoisotopic (exact) mass is 515 g/mol. The minimum Gasteiger partial charge on any atom is -0.429 e. The molecule has 7 heteroatoms. The lowest BCUT2D eigenvalue weighted by atomic mass is 9.80. The summed E-state index contributed by atoms with van der Waals surface area (Å²) in [6, 6.07) is 6.09. The van der Waals surface area contributed by atoms with E-state index < -0.39 is 5.41 Å². The van der Waals surface area contributed by atoms with E-state index in [0.717, 1.165) is 38.3 Å². The van der Waals surface area contributed by atoms with Crippen LogP contribution >= 0.6 is 27.3 Å². The van der Waals surface area contributed by atoms with E-state index >= 15 is 0 Å². The van der Waals surface area contributed by atoms with E-state index in [9.17, 15) is 9.59 Å². The fraction of sp³-hybridized carbons (Fsp3) is 0.480.